The highest BCUT2D eigenvalue weighted by molar-refractivity contribution is 5.86. The summed E-state index contributed by atoms with van der Waals surface area (Å²) in [6, 6.07) is 6.61. The third kappa shape index (κ3) is 1.85. The third-order valence-corrected chi connectivity index (χ3v) is 2.00. The van der Waals surface area contributed by atoms with E-state index in [1.54, 1.807) is 18.2 Å². The van der Waals surface area contributed by atoms with Gasteiger partial charge in [-0.1, -0.05) is 6.07 Å². The van der Waals surface area contributed by atoms with E-state index in [9.17, 15) is 4.79 Å². The van der Waals surface area contributed by atoms with E-state index in [-0.39, 0.29) is 5.69 Å². The Labute approximate surface area is 90.9 Å². The largest absolute Gasteiger partial charge is 0.481 e. The molecule has 0 saturated carbocycles. The highest BCUT2D eigenvalue weighted by atomic mass is 16.5. The highest BCUT2D eigenvalue weighted by Gasteiger charge is 2.10. The molecular formula is C10H9N3O3. The predicted molar refractivity (Wildman–Crippen MR) is 55.3 cm³/mol. The van der Waals surface area contributed by atoms with Crippen molar-refractivity contribution >= 4 is 5.97 Å². The minimum Gasteiger partial charge on any atom is -0.481 e. The second-order valence-electron chi connectivity index (χ2n) is 3.04. The van der Waals surface area contributed by atoms with Crippen molar-refractivity contribution in [1.29, 1.82) is 0 Å². The van der Waals surface area contributed by atoms with Crippen molar-refractivity contribution in [2.45, 2.75) is 0 Å². The first-order chi connectivity index (χ1) is 7.70. The minimum absolute atomic E-state index is 0.0274. The number of carboxylic acids is 1. The van der Waals surface area contributed by atoms with Crippen LogP contribution in [0.25, 0.3) is 11.4 Å². The second kappa shape index (κ2) is 4.01. The van der Waals surface area contributed by atoms with Gasteiger partial charge in [-0.3, -0.25) is 5.10 Å². The van der Waals surface area contributed by atoms with Gasteiger partial charge in [0.15, 0.2) is 0 Å². The van der Waals surface area contributed by atoms with Gasteiger partial charge in [0.1, 0.15) is 11.4 Å². The molecule has 16 heavy (non-hydrogen) atoms. The zero-order valence-electron chi connectivity index (χ0n) is 8.47. The molecule has 0 aliphatic heterocycles. The van der Waals surface area contributed by atoms with E-state index in [0.717, 1.165) is 0 Å². The summed E-state index contributed by atoms with van der Waals surface area (Å²) in [5, 5.41) is 15.0. The van der Waals surface area contributed by atoms with Gasteiger partial charge in [0.25, 0.3) is 0 Å². The van der Waals surface area contributed by atoms with Crippen LogP contribution in [0.2, 0.25) is 0 Å². The minimum atomic E-state index is -1.05. The molecule has 0 saturated heterocycles. The summed E-state index contributed by atoms with van der Waals surface area (Å²) in [5.41, 5.74) is 1.05. The number of aromatic nitrogens is 3. The molecule has 0 radical (unpaired) electrons. The van der Waals surface area contributed by atoms with Gasteiger partial charge in [-0.05, 0) is 6.07 Å². The third-order valence-electron chi connectivity index (χ3n) is 2.00. The maximum atomic E-state index is 10.7. The van der Waals surface area contributed by atoms with Crippen LogP contribution < -0.4 is 4.74 Å². The number of rotatable bonds is 3. The van der Waals surface area contributed by atoms with Crippen LogP contribution in [-0.4, -0.2) is 33.4 Å². The lowest BCUT2D eigenvalue weighted by Crippen LogP contribution is -1.95. The van der Waals surface area contributed by atoms with Crippen molar-refractivity contribution in [3.05, 3.63) is 30.0 Å². The maximum Gasteiger partial charge on any atom is 0.353 e. The Morgan fingerprint density at radius 1 is 1.44 bits per heavy atom. The lowest BCUT2D eigenvalue weighted by atomic mass is 10.2. The van der Waals surface area contributed by atoms with Gasteiger partial charge in [0.05, 0.1) is 12.8 Å². The van der Waals surface area contributed by atoms with E-state index in [2.05, 4.69) is 15.2 Å². The fraction of sp³-hybridized carbons (Fsp3) is 0.100. The molecule has 2 aromatic rings. The smallest absolute Gasteiger partial charge is 0.353 e. The number of aromatic amines is 1. The number of nitrogens with one attached hydrogen (secondary N) is 1. The molecule has 0 bridgehead atoms. The Kier molecular flexibility index (Phi) is 2.55. The molecule has 0 atom stereocenters. The summed E-state index contributed by atoms with van der Waals surface area (Å²) >= 11 is 0. The lowest BCUT2D eigenvalue weighted by molar-refractivity contribution is 0.0690. The number of H-pyrrole nitrogens is 1. The van der Waals surface area contributed by atoms with Crippen LogP contribution in [0.1, 0.15) is 10.5 Å². The Bertz CT molecular complexity index is 522. The number of carbonyl (C=O) groups is 1. The molecule has 6 nitrogen and oxygen atoms in total. The molecule has 0 amide bonds. The summed E-state index contributed by atoms with van der Waals surface area (Å²) in [6.45, 7) is 0. The molecule has 6 heteroatoms. The van der Waals surface area contributed by atoms with E-state index < -0.39 is 5.97 Å². The Hall–Kier alpha value is -2.37. The Balaban J connectivity index is 2.38. The van der Waals surface area contributed by atoms with Gasteiger partial charge < -0.3 is 9.84 Å². The van der Waals surface area contributed by atoms with Crippen molar-refractivity contribution < 1.29 is 14.6 Å². The molecule has 0 aliphatic rings. The van der Waals surface area contributed by atoms with Gasteiger partial charge >= 0.3 is 5.97 Å². The van der Waals surface area contributed by atoms with E-state index in [1.165, 1.54) is 13.2 Å². The SMILES string of the molecule is COc1cccc(-c2cc(C(=O)O)[nH]n2)n1. The fourth-order valence-corrected chi connectivity index (χ4v) is 1.23. The van der Waals surface area contributed by atoms with Crippen molar-refractivity contribution in [2.24, 2.45) is 0 Å². The van der Waals surface area contributed by atoms with Gasteiger partial charge in [-0.15, -0.1) is 0 Å². The van der Waals surface area contributed by atoms with Crippen LogP contribution in [0.15, 0.2) is 24.3 Å². The van der Waals surface area contributed by atoms with Gasteiger partial charge in [-0.25, -0.2) is 9.78 Å². The molecular weight excluding hydrogens is 210 g/mol. The summed E-state index contributed by atoms with van der Waals surface area (Å²) < 4.78 is 4.97. The number of pyridine rings is 1. The molecule has 2 heterocycles. The molecule has 2 rings (SSSR count). The van der Waals surface area contributed by atoms with Gasteiger partial charge in [0.2, 0.25) is 5.88 Å². The molecule has 0 fully saturated rings. The number of carboxylic acid groups (broad SMARTS) is 1. The zero-order valence-corrected chi connectivity index (χ0v) is 8.47. The first-order valence-corrected chi connectivity index (χ1v) is 4.51. The topological polar surface area (TPSA) is 88.1 Å². The van der Waals surface area contributed by atoms with Crippen molar-refractivity contribution in [3.63, 3.8) is 0 Å². The summed E-state index contributed by atoms with van der Waals surface area (Å²) in [4.78, 5) is 14.8. The first kappa shape index (κ1) is 10.2. The standard InChI is InChI=1S/C10H9N3O3/c1-16-9-4-2-3-6(11-9)7-5-8(10(14)15)13-12-7/h2-5H,1H3,(H,12,13)(H,14,15). The summed E-state index contributed by atoms with van der Waals surface area (Å²) in [7, 11) is 1.51. The van der Waals surface area contributed by atoms with E-state index in [4.69, 9.17) is 9.84 Å². The summed E-state index contributed by atoms with van der Waals surface area (Å²) in [5.74, 6) is -0.598. The number of aromatic carboxylic acids is 1. The molecule has 2 N–H and O–H groups in total. The normalized spacial score (nSPS) is 10.1. The number of methoxy groups -OCH3 is 1. The maximum absolute atomic E-state index is 10.7. The molecule has 2 aromatic heterocycles. The monoisotopic (exact) mass is 219 g/mol. The molecule has 82 valence electrons. The van der Waals surface area contributed by atoms with Crippen molar-refractivity contribution in [1.82, 2.24) is 15.2 Å². The Morgan fingerprint density at radius 2 is 2.25 bits per heavy atom. The number of nitrogens with zero attached hydrogens (tertiary/aromatic N) is 2. The Morgan fingerprint density at radius 3 is 2.88 bits per heavy atom. The zero-order chi connectivity index (χ0) is 11.5. The average molecular weight is 219 g/mol. The molecule has 0 spiro atoms. The van der Waals surface area contributed by atoms with Crippen LogP contribution >= 0.6 is 0 Å². The number of hydrogen-bond acceptors (Lipinski definition) is 4. The molecule has 0 aromatic carbocycles. The van der Waals surface area contributed by atoms with Crippen molar-refractivity contribution in [2.75, 3.05) is 7.11 Å². The average Bonchev–Trinajstić information content (AvgIpc) is 2.78. The summed E-state index contributed by atoms with van der Waals surface area (Å²) in [6.07, 6.45) is 0. The lowest BCUT2D eigenvalue weighted by Gasteiger charge is -1.99. The molecule has 0 unspecified atom stereocenters. The van der Waals surface area contributed by atoms with Crippen LogP contribution in [0.3, 0.4) is 0 Å². The van der Waals surface area contributed by atoms with Crippen LogP contribution in [0.5, 0.6) is 5.88 Å². The van der Waals surface area contributed by atoms with E-state index in [1.807, 2.05) is 0 Å². The van der Waals surface area contributed by atoms with Crippen molar-refractivity contribution in [3.8, 4) is 17.3 Å². The number of ether oxygens (including phenoxy) is 1. The molecule has 0 aliphatic carbocycles. The second-order valence-corrected chi connectivity index (χ2v) is 3.04. The predicted octanol–water partition coefficient (Wildman–Crippen LogP) is 1.18. The fourth-order valence-electron chi connectivity index (χ4n) is 1.23. The number of hydrogen-bond donors (Lipinski definition) is 2. The van der Waals surface area contributed by atoms with E-state index in [0.29, 0.717) is 17.3 Å². The van der Waals surface area contributed by atoms with Gasteiger partial charge in [-0.2, -0.15) is 5.10 Å². The van der Waals surface area contributed by atoms with Crippen LogP contribution in [0.4, 0.5) is 0 Å². The van der Waals surface area contributed by atoms with E-state index >= 15 is 0 Å². The van der Waals surface area contributed by atoms with Gasteiger partial charge in [0, 0.05) is 12.1 Å². The van der Waals surface area contributed by atoms with Crippen LogP contribution in [0, 0.1) is 0 Å². The first-order valence-electron chi connectivity index (χ1n) is 4.51. The van der Waals surface area contributed by atoms with Crippen LogP contribution in [-0.2, 0) is 0 Å². The highest BCUT2D eigenvalue weighted by Crippen LogP contribution is 2.18. The quantitative estimate of drug-likeness (QED) is 0.809.